The van der Waals surface area contributed by atoms with Crippen molar-refractivity contribution in [2.45, 2.75) is 38.8 Å². The van der Waals surface area contributed by atoms with E-state index in [2.05, 4.69) is 4.98 Å². The third-order valence-electron chi connectivity index (χ3n) is 2.43. The molecule has 0 aromatic carbocycles. The molecule has 2 heterocycles. The second kappa shape index (κ2) is 4.23. The van der Waals surface area contributed by atoms with Crippen molar-refractivity contribution < 1.29 is 14.6 Å². The molecule has 0 bridgehead atoms. The highest BCUT2D eigenvalue weighted by molar-refractivity contribution is 7.15. The first-order valence-corrected chi connectivity index (χ1v) is 6.22. The molecule has 0 spiro atoms. The first kappa shape index (κ1) is 12.3. The van der Waals surface area contributed by atoms with Crippen molar-refractivity contribution in [2.24, 2.45) is 0 Å². The van der Waals surface area contributed by atoms with Crippen LogP contribution in [0.1, 0.15) is 30.5 Å². The molecule has 2 rings (SSSR count). The Balaban J connectivity index is 2.30. The quantitative estimate of drug-likeness (QED) is 0.890. The Bertz CT molecular complexity index is 393. The van der Waals surface area contributed by atoms with Crippen molar-refractivity contribution in [3.05, 3.63) is 15.0 Å². The molecule has 4 nitrogen and oxygen atoms in total. The van der Waals surface area contributed by atoms with Crippen molar-refractivity contribution >= 4 is 22.9 Å². The standard InChI is InChI=1S/C10H14ClNO3S/c1-5-8(16-9(11)12-5)7-6(4-13)14-10(2,3)15-7/h6-7,13H,4H2,1-3H3/t6-,7+/m1/s1. The molecule has 1 aromatic heterocycles. The van der Waals surface area contributed by atoms with Crippen LogP contribution in [0.3, 0.4) is 0 Å². The van der Waals surface area contributed by atoms with Crippen LogP contribution < -0.4 is 0 Å². The SMILES string of the molecule is Cc1nc(Cl)sc1[C@H]1OC(C)(C)O[C@@H]1CO. The highest BCUT2D eigenvalue weighted by Crippen LogP contribution is 2.42. The van der Waals surface area contributed by atoms with Gasteiger partial charge < -0.3 is 14.6 Å². The maximum Gasteiger partial charge on any atom is 0.184 e. The van der Waals surface area contributed by atoms with Crippen LogP contribution in [0.4, 0.5) is 0 Å². The second-order valence-electron chi connectivity index (χ2n) is 4.19. The summed E-state index contributed by atoms with van der Waals surface area (Å²) in [7, 11) is 0. The lowest BCUT2D eigenvalue weighted by atomic mass is 10.1. The average molecular weight is 264 g/mol. The van der Waals surface area contributed by atoms with Crippen molar-refractivity contribution in [1.82, 2.24) is 4.98 Å². The molecule has 1 aromatic rings. The number of aliphatic hydroxyl groups excluding tert-OH is 1. The van der Waals surface area contributed by atoms with Gasteiger partial charge in [0.2, 0.25) is 0 Å². The normalized spacial score (nSPS) is 28.6. The first-order chi connectivity index (χ1) is 7.43. The van der Waals surface area contributed by atoms with Crippen LogP contribution >= 0.6 is 22.9 Å². The fraction of sp³-hybridized carbons (Fsp3) is 0.700. The summed E-state index contributed by atoms with van der Waals surface area (Å²) in [5, 5.41) is 9.27. The van der Waals surface area contributed by atoms with Gasteiger partial charge in [-0.1, -0.05) is 11.6 Å². The number of thiazole rings is 1. The van der Waals surface area contributed by atoms with Crippen LogP contribution in [0.25, 0.3) is 0 Å². The molecule has 1 N–H and O–H groups in total. The van der Waals surface area contributed by atoms with Crippen molar-refractivity contribution in [3.8, 4) is 0 Å². The molecular weight excluding hydrogens is 250 g/mol. The van der Waals surface area contributed by atoms with Crippen molar-refractivity contribution in [1.29, 1.82) is 0 Å². The Morgan fingerprint density at radius 1 is 1.50 bits per heavy atom. The number of aromatic nitrogens is 1. The van der Waals surface area contributed by atoms with Crippen LogP contribution in [0.2, 0.25) is 4.47 Å². The zero-order chi connectivity index (χ0) is 11.9. The van der Waals surface area contributed by atoms with E-state index in [-0.39, 0.29) is 18.8 Å². The number of halogens is 1. The Kier molecular flexibility index (Phi) is 3.25. The summed E-state index contributed by atoms with van der Waals surface area (Å²) >= 11 is 7.22. The molecule has 0 aliphatic carbocycles. The predicted molar refractivity (Wildman–Crippen MR) is 61.7 cm³/mol. The minimum atomic E-state index is -0.680. The van der Waals surface area contributed by atoms with E-state index in [1.807, 2.05) is 20.8 Å². The minimum Gasteiger partial charge on any atom is -0.394 e. The van der Waals surface area contributed by atoms with E-state index < -0.39 is 5.79 Å². The van der Waals surface area contributed by atoms with Gasteiger partial charge in [0.15, 0.2) is 10.3 Å². The first-order valence-electron chi connectivity index (χ1n) is 5.02. The lowest BCUT2D eigenvalue weighted by Crippen LogP contribution is -2.23. The Morgan fingerprint density at radius 3 is 2.69 bits per heavy atom. The fourth-order valence-electron chi connectivity index (χ4n) is 1.83. The van der Waals surface area contributed by atoms with Gasteiger partial charge in [0.05, 0.1) is 17.2 Å². The molecule has 0 unspecified atom stereocenters. The summed E-state index contributed by atoms with van der Waals surface area (Å²) in [4.78, 5) is 5.06. The van der Waals surface area contributed by atoms with Gasteiger partial charge in [-0.3, -0.25) is 0 Å². The van der Waals surface area contributed by atoms with Crippen LogP contribution in [-0.2, 0) is 9.47 Å². The summed E-state index contributed by atoms with van der Waals surface area (Å²) in [5.74, 6) is -0.680. The Hall–Kier alpha value is -0.200. The zero-order valence-electron chi connectivity index (χ0n) is 9.36. The third kappa shape index (κ3) is 2.24. The van der Waals surface area contributed by atoms with E-state index in [0.717, 1.165) is 10.6 Å². The fourth-order valence-corrected chi connectivity index (χ4v) is 3.08. The smallest absolute Gasteiger partial charge is 0.184 e. The molecule has 0 amide bonds. The summed E-state index contributed by atoms with van der Waals surface area (Å²) < 4.78 is 11.8. The van der Waals surface area contributed by atoms with Crippen molar-refractivity contribution in [3.63, 3.8) is 0 Å². The predicted octanol–water partition coefficient (Wildman–Crippen LogP) is 2.29. The summed E-state index contributed by atoms with van der Waals surface area (Å²) in [6.45, 7) is 5.45. The van der Waals surface area contributed by atoms with E-state index in [0.29, 0.717) is 4.47 Å². The van der Waals surface area contributed by atoms with Crippen molar-refractivity contribution in [2.75, 3.05) is 6.61 Å². The zero-order valence-corrected chi connectivity index (χ0v) is 10.9. The molecule has 90 valence electrons. The van der Waals surface area contributed by atoms with E-state index in [9.17, 15) is 5.11 Å². The van der Waals surface area contributed by atoms with E-state index in [1.54, 1.807) is 0 Å². The maximum atomic E-state index is 9.27. The van der Waals surface area contributed by atoms with Gasteiger partial charge in [0.1, 0.15) is 12.2 Å². The lowest BCUT2D eigenvalue weighted by molar-refractivity contribution is -0.149. The molecule has 16 heavy (non-hydrogen) atoms. The third-order valence-corrected chi connectivity index (χ3v) is 3.75. The summed E-state index contributed by atoms with van der Waals surface area (Å²) in [5.41, 5.74) is 0.833. The largest absolute Gasteiger partial charge is 0.394 e. The molecule has 0 radical (unpaired) electrons. The van der Waals surface area contributed by atoms with Gasteiger partial charge in [-0.2, -0.15) is 0 Å². The molecule has 0 saturated carbocycles. The molecular formula is C10H14ClNO3S. The van der Waals surface area contributed by atoms with Crippen LogP contribution in [0, 0.1) is 6.92 Å². The monoisotopic (exact) mass is 263 g/mol. The van der Waals surface area contributed by atoms with E-state index in [4.69, 9.17) is 21.1 Å². The number of nitrogens with zero attached hydrogens (tertiary/aromatic N) is 1. The molecule has 1 fully saturated rings. The number of hydrogen-bond donors (Lipinski definition) is 1. The van der Waals surface area contributed by atoms with E-state index >= 15 is 0 Å². The molecule has 1 saturated heterocycles. The minimum absolute atomic E-state index is 0.0803. The van der Waals surface area contributed by atoms with Gasteiger partial charge in [0.25, 0.3) is 0 Å². The van der Waals surface area contributed by atoms with Crippen LogP contribution in [0.15, 0.2) is 0 Å². The number of ether oxygens (including phenoxy) is 2. The van der Waals surface area contributed by atoms with E-state index in [1.165, 1.54) is 11.3 Å². The highest BCUT2D eigenvalue weighted by Gasteiger charge is 2.43. The number of aliphatic hydroxyl groups is 1. The van der Waals surface area contributed by atoms with Crippen LogP contribution in [-0.4, -0.2) is 28.6 Å². The van der Waals surface area contributed by atoms with Gasteiger partial charge in [-0.25, -0.2) is 4.98 Å². The maximum absolute atomic E-state index is 9.27. The number of hydrogen-bond acceptors (Lipinski definition) is 5. The van der Waals surface area contributed by atoms with Gasteiger partial charge in [0, 0.05) is 0 Å². The average Bonchev–Trinajstić information content (AvgIpc) is 2.65. The van der Waals surface area contributed by atoms with Gasteiger partial charge in [-0.05, 0) is 20.8 Å². The Morgan fingerprint density at radius 2 is 2.19 bits per heavy atom. The second-order valence-corrected chi connectivity index (χ2v) is 5.81. The summed E-state index contributed by atoms with van der Waals surface area (Å²) in [6, 6.07) is 0. The molecule has 1 aliphatic heterocycles. The number of aryl methyl sites for hydroxylation is 1. The lowest BCUT2D eigenvalue weighted by Gasteiger charge is -2.16. The Labute approximate surface area is 103 Å². The highest BCUT2D eigenvalue weighted by atomic mass is 35.5. The topological polar surface area (TPSA) is 51.6 Å². The van der Waals surface area contributed by atoms with Crippen LogP contribution in [0.5, 0.6) is 0 Å². The van der Waals surface area contributed by atoms with Gasteiger partial charge >= 0.3 is 0 Å². The summed E-state index contributed by atoms with van der Waals surface area (Å²) in [6.07, 6.45) is -0.643. The number of rotatable bonds is 2. The molecule has 2 atom stereocenters. The molecule has 1 aliphatic rings. The molecule has 6 heteroatoms. The van der Waals surface area contributed by atoms with Gasteiger partial charge in [-0.15, -0.1) is 11.3 Å².